The van der Waals surface area contributed by atoms with Crippen LogP contribution >= 0.6 is 0 Å². The number of hydrogen-bond donors (Lipinski definition) is 3. The van der Waals surface area contributed by atoms with Crippen LogP contribution in [-0.2, 0) is 9.53 Å². The number of rotatable bonds is 10. The van der Waals surface area contributed by atoms with E-state index in [9.17, 15) is 19.5 Å². The summed E-state index contributed by atoms with van der Waals surface area (Å²) in [6.45, 7) is 7.72. The Morgan fingerprint density at radius 1 is 1.07 bits per heavy atom. The molecule has 46 heavy (non-hydrogen) atoms. The van der Waals surface area contributed by atoms with Crippen LogP contribution in [0.3, 0.4) is 0 Å². The summed E-state index contributed by atoms with van der Waals surface area (Å²) in [5.41, 5.74) is 0.829. The molecule has 0 bridgehead atoms. The van der Waals surface area contributed by atoms with Gasteiger partial charge in [0.15, 0.2) is 0 Å². The minimum atomic E-state index is -0.481. The molecule has 1 fully saturated rings. The van der Waals surface area contributed by atoms with Gasteiger partial charge in [-0.1, -0.05) is 26.2 Å². The highest BCUT2D eigenvalue weighted by Gasteiger charge is 2.31. The van der Waals surface area contributed by atoms with E-state index in [0.717, 1.165) is 57.9 Å². The molecule has 1 aliphatic heterocycles. The summed E-state index contributed by atoms with van der Waals surface area (Å²) >= 11 is 0. The smallest absolute Gasteiger partial charge is 0.319 e. The summed E-state index contributed by atoms with van der Waals surface area (Å²) in [7, 11) is 5.81. The van der Waals surface area contributed by atoms with Gasteiger partial charge in [-0.15, -0.1) is 0 Å². The van der Waals surface area contributed by atoms with Gasteiger partial charge in [0.25, 0.3) is 5.91 Å². The number of urea groups is 1. The average molecular weight is 646 g/mol. The van der Waals surface area contributed by atoms with Gasteiger partial charge in [-0.2, -0.15) is 0 Å². The first-order chi connectivity index (χ1) is 22.0. The summed E-state index contributed by atoms with van der Waals surface area (Å²) in [4.78, 5) is 45.6. The highest BCUT2D eigenvalue weighted by Crippen LogP contribution is 2.29. The van der Waals surface area contributed by atoms with Gasteiger partial charge in [-0.25, -0.2) is 4.79 Å². The lowest BCUT2D eigenvalue weighted by molar-refractivity contribution is -0.132. The summed E-state index contributed by atoms with van der Waals surface area (Å²) in [6.07, 6.45) is 8.69. The molecule has 1 aromatic rings. The molecule has 2 aliphatic rings. The van der Waals surface area contributed by atoms with Crippen molar-refractivity contribution in [2.75, 3.05) is 59.3 Å². The molecule has 3 N–H and O–H groups in total. The Kier molecular flexibility index (Phi) is 15.6. The summed E-state index contributed by atoms with van der Waals surface area (Å²) < 4.78 is 12.7. The van der Waals surface area contributed by atoms with E-state index in [4.69, 9.17) is 9.47 Å². The molecule has 260 valence electrons. The Morgan fingerprint density at radius 2 is 1.78 bits per heavy atom. The van der Waals surface area contributed by atoms with Crippen molar-refractivity contribution in [3.05, 3.63) is 23.8 Å². The van der Waals surface area contributed by atoms with Crippen molar-refractivity contribution in [2.45, 2.75) is 109 Å². The number of fused-ring (bicyclic) bond motifs is 1. The Balaban J connectivity index is 1.84. The van der Waals surface area contributed by atoms with Crippen LogP contribution in [0.25, 0.3) is 0 Å². The fourth-order valence-corrected chi connectivity index (χ4v) is 6.17. The highest BCUT2D eigenvalue weighted by molar-refractivity contribution is 5.99. The minimum absolute atomic E-state index is 0.0705. The number of aliphatic hydroxyl groups is 1. The molecule has 0 radical (unpaired) electrons. The second kappa shape index (κ2) is 19.1. The normalized spacial score (nSPS) is 22.7. The zero-order valence-corrected chi connectivity index (χ0v) is 29.1. The van der Waals surface area contributed by atoms with E-state index in [1.807, 2.05) is 41.9 Å². The summed E-state index contributed by atoms with van der Waals surface area (Å²) in [5, 5.41) is 16.2. The van der Waals surface area contributed by atoms with E-state index in [2.05, 4.69) is 15.5 Å². The maximum absolute atomic E-state index is 14.3. The molecule has 1 heterocycles. The number of ether oxygens (including phenoxy) is 2. The molecule has 11 nitrogen and oxygen atoms in total. The predicted molar refractivity (Wildman–Crippen MR) is 181 cm³/mol. The minimum Gasteiger partial charge on any atom is -0.490 e. The molecule has 1 aromatic carbocycles. The van der Waals surface area contributed by atoms with Crippen LogP contribution < -0.4 is 15.4 Å². The van der Waals surface area contributed by atoms with Crippen LogP contribution in [0.2, 0.25) is 0 Å². The van der Waals surface area contributed by atoms with E-state index in [-0.39, 0.29) is 48.6 Å². The Hall–Kier alpha value is -2.89. The molecule has 0 spiro atoms. The SMILES string of the molecule is C[C@@H]1CN([C@@H](C)CO)C(=O)c2cc(NC(=O)NC3CCCCC3)ccc2O[C@@H](C)CCCCO[C@H]1CN(C)C(=O)CCCN(C)C. The van der Waals surface area contributed by atoms with Crippen molar-refractivity contribution in [1.82, 2.24) is 20.0 Å². The van der Waals surface area contributed by atoms with Gasteiger partial charge in [0.05, 0.1) is 30.4 Å². The number of anilines is 1. The lowest BCUT2D eigenvalue weighted by Crippen LogP contribution is -2.48. The number of carbonyl (C=O) groups excluding carboxylic acids is 3. The molecule has 4 atom stereocenters. The molecular formula is C35H59N5O6. The Labute approximate surface area is 276 Å². The first-order valence-electron chi connectivity index (χ1n) is 17.3. The van der Waals surface area contributed by atoms with Gasteiger partial charge in [0.1, 0.15) is 5.75 Å². The average Bonchev–Trinajstić information content (AvgIpc) is 3.02. The standard InChI is InChI=1S/C35H59N5O6/c1-25-22-40(26(2)24-41)34(43)30-21-29(37-35(44)36-28-14-8-7-9-15-28)17-18-31(30)46-27(3)13-10-11-20-45-32(25)23-39(6)33(42)16-12-19-38(4)5/h17-18,21,25-28,32,41H,7-16,19-20,22-24H2,1-6H3,(H2,36,37,44)/t25-,26+,27+,32+/m1/s1. The van der Waals surface area contributed by atoms with Crippen LogP contribution in [0.4, 0.5) is 10.5 Å². The number of nitrogens with zero attached hydrogens (tertiary/aromatic N) is 3. The molecule has 4 amide bonds. The lowest BCUT2D eigenvalue weighted by atomic mass is 9.96. The van der Waals surface area contributed by atoms with Gasteiger partial charge in [0.2, 0.25) is 5.91 Å². The lowest BCUT2D eigenvalue weighted by Gasteiger charge is -2.36. The highest BCUT2D eigenvalue weighted by atomic mass is 16.5. The summed E-state index contributed by atoms with van der Waals surface area (Å²) in [5.74, 6) is 0.0901. The van der Waals surface area contributed by atoms with Crippen molar-refractivity contribution in [2.24, 2.45) is 5.92 Å². The number of amides is 4. The molecule has 3 rings (SSSR count). The van der Waals surface area contributed by atoms with E-state index in [1.165, 1.54) is 6.42 Å². The van der Waals surface area contributed by atoms with Gasteiger partial charge < -0.3 is 39.9 Å². The zero-order valence-electron chi connectivity index (χ0n) is 29.1. The largest absolute Gasteiger partial charge is 0.490 e. The molecule has 11 heteroatoms. The van der Waals surface area contributed by atoms with Crippen LogP contribution in [0.5, 0.6) is 5.75 Å². The van der Waals surface area contributed by atoms with E-state index >= 15 is 0 Å². The van der Waals surface area contributed by atoms with Gasteiger partial charge in [-0.3, -0.25) is 9.59 Å². The van der Waals surface area contributed by atoms with Crippen molar-refractivity contribution >= 4 is 23.5 Å². The van der Waals surface area contributed by atoms with Crippen LogP contribution in [0.15, 0.2) is 18.2 Å². The van der Waals surface area contributed by atoms with Crippen molar-refractivity contribution in [3.63, 3.8) is 0 Å². The maximum atomic E-state index is 14.3. The number of benzene rings is 1. The fourth-order valence-electron chi connectivity index (χ4n) is 6.17. The first-order valence-corrected chi connectivity index (χ1v) is 17.3. The Morgan fingerprint density at radius 3 is 2.48 bits per heavy atom. The fraction of sp³-hybridized carbons (Fsp3) is 0.743. The van der Waals surface area contributed by atoms with Crippen molar-refractivity contribution in [1.29, 1.82) is 0 Å². The molecule has 1 aliphatic carbocycles. The van der Waals surface area contributed by atoms with Crippen LogP contribution in [-0.4, -0.2) is 116 Å². The van der Waals surface area contributed by atoms with Gasteiger partial charge >= 0.3 is 6.03 Å². The van der Waals surface area contributed by atoms with E-state index in [0.29, 0.717) is 43.1 Å². The van der Waals surface area contributed by atoms with Gasteiger partial charge in [0, 0.05) is 50.8 Å². The number of nitrogens with one attached hydrogen (secondary N) is 2. The quantitative estimate of drug-likeness (QED) is 0.336. The zero-order chi connectivity index (χ0) is 33.6. The molecular weight excluding hydrogens is 586 g/mol. The number of hydrogen-bond acceptors (Lipinski definition) is 7. The van der Waals surface area contributed by atoms with E-state index < -0.39 is 6.04 Å². The summed E-state index contributed by atoms with van der Waals surface area (Å²) in [6, 6.07) is 4.57. The second-order valence-electron chi connectivity index (χ2n) is 13.6. The van der Waals surface area contributed by atoms with Crippen LogP contribution in [0, 0.1) is 5.92 Å². The number of likely N-dealkylation sites (N-methyl/N-ethyl adjacent to an activating group) is 1. The number of aliphatic hydroxyl groups excluding tert-OH is 1. The molecule has 1 saturated carbocycles. The van der Waals surface area contributed by atoms with Gasteiger partial charge in [-0.05, 0) is 91.2 Å². The third-order valence-corrected chi connectivity index (χ3v) is 9.13. The molecule has 0 unspecified atom stereocenters. The van der Waals surface area contributed by atoms with Crippen molar-refractivity contribution < 1.29 is 29.0 Å². The van der Waals surface area contributed by atoms with Crippen LogP contribution in [0.1, 0.15) is 95.3 Å². The third-order valence-electron chi connectivity index (χ3n) is 9.13. The predicted octanol–water partition coefficient (Wildman–Crippen LogP) is 4.74. The topological polar surface area (TPSA) is 124 Å². The second-order valence-corrected chi connectivity index (χ2v) is 13.6. The molecule has 0 saturated heterocycles. The third kappa shape index (κ3) is 12.0. The monoisotopic (exact) mass is 645 g/mol. The van der Waals surface area contributed by atoms with Crippen molar-refractivity contribution in [3.8, 4) is 5.75 Å². The molecule has 0 aromatic heterocycles. The van der Waals surface area contributed by atoms with E-state index in [1.54, 1.807) is 28.0 Å². The Bertz CT molecular complexity index is 1110. The first kappa shape index (κ1) is 37.6. The number of carbonyl (C=O) groups is 3. The maximum Gasteiger partial charge on any atom is 0.319 e.